The highest BCUT2D eigenvalue weighted by molar-refractivity contribution is 5.94. The molecule has 0 radical (unpaired) electrons. The molecule has 1 fully saturated rings. The number of ether oxygens (including phenoxy) is 1. The number of nitrogens with zero attached hydrogens (tertiary/aromatic N) is 3. The SMILES string of the molecule is O=C(NC[C@H](O)CN1CCc2ccccc2C1)c1cnnc(OC2CCNCC2)c1. The fourth-order valence-corrected chi connectivity index (χ4v) is 4.00. The number of β-amino-alcohol motifs (C(OH)–C–C–N with tert-alkyl or cyclic N) is 1. The van der Waals surface area contributed by atoms with Gasteiger partial charge in [0.2, 0.25) is 5.88 Å². The fraction of sp³-hybridized carbons (Fsp3) is 0.500. The highest BCUT2D eigenvalue weighted by Crippen LogP contribution is 2.18. The van der Waals surface area contributed by atoms with Crippen LogP contribution in [0.15, 0.2) is 36.5 Å². The lowest BCUT2D eigenvalue weighted by molar-refractivity contribution is 0.0840. The second kappa shape index (κ2) is 9.97. The highest BCUT2D eigenvalue weighted by Gasteiger charge is 2.20. The number of aromatic nitrogens is 2. The van der Waals surface area contributed by atoms with Crippen molar-refractivity contribution in [3.05, 3.63) is 53.2 Å². The summed E-state index contributed by atoms with van der Waals surface area (Å²) in [6.45, 7) is 4.27. The van der Waals surface area contributed by atoms with E-state index >= 15 is 0 Å². The van der Waals surface area contributed by atoms with Gasteiger partial charge in [-0.25, -0.2) is 0 Å². The Balaban J connectivity index is 1.24. The second-order valence-corrected chi connectivity index (χ2v) is 7.97. The summed E-state index contributed by atoms with van der Waals surface area (Å²) in [4.78, 5) is 14.7. The predicted molar refractivity (Wildman–Crippen MR) is 112 cm³/mol. The Kier molecular flexibility index (Phi) is 6.88. The number of aliphatic hydroxyl groups excluding tert-OH is 1. The Bertz CT molecular complexity index is 856. The van der Waals surface area contributed by atoms with Crippen molar-refractivity contribution in [2.24, 2.45) is 0 Å². The minimum atomic E-state index is -0.639. The Morgan fingerprint density at radius 3 is 2.93 bits per heavy atom. The molecule has 2 aromatic rings. The molecule has 160 valence electrons. The van der Waals surface area contributed by atoms with Crippen LogP contribution in [0.2, 0.25) is 0 Å². The van der Waals surface area contributed by atoms with E-state index in [0.717, 1.165) is 45.4 Å². The molecule has 1 aromatic carbocycles. The Labute approximate surface area is 176 Å². The van der Waals surface area contributed by atoms with Gasteiger partial charge >= 0.3 is 0 Å². The molecule has 0 aliphatic carbocycles. The van der Waals surface area contributed by atoms with Crippen LogP contribution in [0.4, 0.5) is 0 Å². The molecule has 2 aliphatic rings. The van der Waals surface area contributed by atoms with Gasteiger partial charge in [0.1, 0.15) is 6.10 Å². The van der Waals surface area contributed by atoms with Gasteiger partial charge in [-0.1, -0.05) is 24.3 Å². The third-order valence-electron chi connectivity index (χ3n) is 5.64. The van der Waals surface area contributed by atoms with E-state index in [1.165, 1.54) is 17.3 Å². The van der Waals surface area contributed by atoms with Crippen molar-refractivity contribution in [3.8, 4) is 5.88 Å². The number of fused-ring (bicyclic) bond motifs is 1. The van der Waals surface area contributed by atoms with Crippen LogP contribution in [-0.4, -0.2) is 71.0 Å². The molecule has 0 spiro atoms. The summed E-state index contributed by atoms with van der Waals surface area (Å²) in [5, 5.41) is 24.3. The predicted octanol–water partition coefficient (Wildman–Crippen LogP) is 0.756. The van der Waals surface area contributed by atoms with Gasteiger partial charge in [0.25, 0.3) is 5.91 Å². The molecule has 1 atom stereocenters. The number of benzene rings is 1. The first-order valence-electron chi connectivity index (χ1n) is 10.6. The van der Waals surface area contributed by atoms with Crippen molar-refractivity contribution < 1.29 is 14.6 Å². The molecule has 0 saturated carbocycles. The maximum Gasteiger partial charge on any atom is 0.253 e. The van der Waals surface area contributed by atoms with Crippen LogP contribution in [0.25, 0.3) is 0 Å². The van der Waals surface area contributed by atoms with Gasteiger partial charge in [0.05, 0.1) is 17.9 Å². The molecule has 1 saturated heterocycles. The third-order valence-corrected chi connectivity index (χ3v) is 5.64. The van der Waals surface area contributed by atoms with Gasteiger partial charge in [-0.2, -0.15) is 5.10 Å². The highest BCUT2D eigenvalue weighted by atomic mass is 16.5. The van der Waals surface area contributed by atoms with Gasteiger partial charge in [-0.05, 0) is 43.5 Å². The molecule has 3 N–H and O–H groups in total. The Morgan fingerprint density at radius 2 is 2.10 bits per heavy atom. The van der Waals surface area contributed by atoms with E-state index in [9.17, 15) is 9.90 Å². The molecule has 4 rings (SSSR count). The van der Waals surface area contributed by atoms with Crippen molar-refractivity contribution in [1.82, 2.24) is 25.7 Å². The number of piperidine rings is 1. The first-order valence-corrected chi connectivity index (χ1v) is 10.6. The quantitative estimate of drug-likeness (QED) is 0.618. The van der Waals surface area contributed by atoms with E-state index in [2.05, 4.69) is 43.9 Å². The second-order valence-electron chi connectivity index (χ2n) is 7.97. The Morgan fingerprint density at radius 1 is 1.30 bits per heavy atom. The van der Waals surface area contributed by atoms with E-state index < -0.39 is 6.10 Å². The minimum Gasteiger partial charge on any atom is -0.473 e. The molecule has 8 nitrogen and oxygen atoms in total. The first kappa shape index (κ1) is 20.7. The lowest BCUT2D eigenvalue weighted by atomic mass is 10.00. The number of hydrogen-bond acceptors (Lipinski definition) is 7. The summed E-state index contributed by atoms with van der Waals surface area (Å²) >= 11 is 0. The largest absolute Gasteiger partial charge is 0.473 e. The average Bonchev–Trinajstić information content (AvgIpc) is 2.78. The number of amides is 1. The van der Waals surface area contributed by atoms with E-state index in [-0.39, 0.29) is 18.6 Å². The molecule has 3 heterocycles. The number of rotatable bonds is 7. The number of hydrogen-bond donors (Lipinski definition) is 3. The zero-order chi connectivity index (χ0) is 20.8. The maximum absolute atomic E-state index is 12.5. The summed E-state index contributed by atoms with van der Waals surface area (Å²) in [7, 11) is 0. The number of nitrogens with one attached hydrogen (secondary N) is 2. The zero-order valence-corrected chi connectivity index (χ0v) is 17.1. The average molecular weight is 412 g/mol. The lowest BCUT2D eigenvalue weighted by Crippen LogP contribution is -2.42. The fourth-order valence-electron chi connectivity index (χ4n) is 4.00. The van der Waals surface area contributed by atoms with Crippen molar-refractivity contribution >= 4 is 5.91 Å². The van der Waals surface area contributed by atoms with Gasteiger partial charge < -0.3 is 20.5 Å². The van der Waals surface area contributed by atoms with Gasteiger partial charge in [-0.15, -0.1) is 5.10 Å². The van der Waals surface area contributed by atoms with Crippen LogP contribution < -0.4 is 15.4 Å². The lowest BCUT2D eigenvalue weighted by Gasteiger charge is -2.30. The van der Waals surface area contributed by atoms with Crippen LogP contribution in [-0.2, 0) is 13.0 Å². The minimum absolute atomic E-state index is 0.0929. The summed E-state index contributed by atoms with van der Waals surface area (Å²) in [5.41, 5.74) is 3.07. The van der Waals surface area contributed by atoms with Crippen molar-refractivity contribution in [1.29, 1.82) is 0 Å². The summed E-state index contributed by atoms with van der Waals surface area (Å²) in [5.74, 6) is 0.0742. The van der Waals surface area contributed by atoms with E-state index in [0.29, 0.717) is 18.0 Å². The number of carbonyl (C=O) groups is 1. The van der Waals surface area contributed by atoms with Crippen molar-refractivity contribution in [2.45, 2.75) is 38.0 Å². The molecule has 1 amide bonds. The number of carbonyl (C=O) groups excluding carboxylic acids is 1. The van der Waals surface area contributed by atoms with Crippen LogP contribution in [0, 0.1) is 0 Å². The molecule has 30 heavy (non-hydrogen) atoms. The standard InChI is InChI=1S/C22H29N5O3/c28-19(15-27-10-7-16-3-1-2-4-17(16)14-27)13-24-22(29)18-11-21(26-25-12-18)30-20-5-8-23-9-6-20/h1-4,11-12,19-20,23,28H,5-10,13-15H2,(H,24,29)/t19-/m0/s1. The summed E-state index contributed by atoms with van der Waals surface area (Å²) in [6, 6.07) is 10.0. The molecule has 0 unspecified atom stereocenters. The molecular weight excluding hydrogens is 382 g/mol. The monoisotopic (exact) mass is 411 g/mol. The van der Waals surface area contributed by atoms with E-state index in [1.54, 1.807) is 6.07 Å². The van der Waals surface area contributed by atoms with Gasteiger partial charge in [0.15, 0.2) is 0 Å². The smallest absolute Gasteiger partial charge is 0.253 e. The molecule has 1 aromatic heterocycles. The van der Waals surface area contributed by atoms with Gasteiger partial charge in [-0.3, -0.25) is 9.69 Å². The zero-order valence-electron chi connectivity index (χ0n) is 17.1. The molecule has 0 bridgehead atoms. The molecule has 8 heteroatoms. The van der Waals surface area contributed by atoms with Crippen LogP contribution in [0.5, 0.6) is 5.88 Å². The van der Waals surface area contributed by atoms with E-state index in [4.69, 9.17) is 4.74 Å². The number of aliphatic hydroxyl groups is 1. The Hall–Kier alpha value is -2.55. The van der Waals surface area contributed by atoms with Gasteiger partial charge in [0, 0.05) is 32.2 Å². The first-order chi connectivity index (χ1) is 14.7. The molecule has 2 aliphatic heterocycles. The van der Waals surface area contributed by atoms with Crippen LogP contribution >= 0.6 is 0 Å². The van der Waals surface area contributed by atoms with E-state index in [1.807, 2.05) is 6.07 Å². The van der Waals surface area contributed by atoms with Crippen LogP contribution in [0.3, 0.4) is 0 Å². The summed E-state index contributed by atoms with van der Waals surface area (Å²) < 4.78 is 5.85. The normalized spacial score (nSPS) is 18.4. The van der Waals surface area contributed by atoms with Crippen LogP contribution in [0.1, 0.15) is 34.3 Å². The topological polar surface area (TPSA) is 99.6 Å². The molecular formula is C22H29N5O3. The third kappa shape index (κ3) is 5.53. The van der Waals surface area contributed by atoms with Crippen molar-refractivity contribution in [2.75, 3.05) is 32.7 Å². The maximum atomic E-state index is 12.5. The van der Waals surface area contributed by atoms with Crippen molar-refractivity contribution in [3.63, 3.8) is 0 Å². The summed E-state index contributed by atoms with van der Waals surface area (Å²) in [6.07, 6.45) is 3.67.